The van der Waals surface area contributed by atoms with E-state index >= 15 is 0 Å². The number of nitrogens with zero attached hydrogens (tertiary/aromatic N) is 2. The van der Waals surface area contributed by atoms with Crippen LogP contribution in [0, 0.1) is 5.92 Å². The van der Waals surface area contributed by atoms with Crippen LogP contribution in [0.1, 0.15) is 50.9 Å². The molecule has 0 N–H and O–H groups in total. The third kappa shape index (κ3) is 4.04. The number of likely N-dealkylation sites (tertiary alicyclic amines) is 1. The van der Waals surface area contributed by atoms with Gasteiger partial charge >= 0.3 is 5.97 Å². The first-order valence-electron chi connectivity index (χ1n) is 8.30. The van der Waals surface area contributed by atoms with E-state index in [4.69, 9.17) is 4.74 Å². The minimum atomic E-state index is -0.616. The van der Waals surface area contributed by atoms with E-state index in [1.165, 1.54) is 10.6 Å². The van der Waals surface area contributed by atoms with Crippen LogP contribution in [0.2, 0.25) is 0 Å². The van der Waals surface area contributed by atoms with Gasteiger partial charge in [-0.25, -0.2) is 4.79 Å². The maximum absolute atomic E-state index is 12.9. The largest absolute Gasteiger partial charge is 0.458 e. The maximum Gasteiger partial charge on any atom is 0.329 e. The van der Waals surface area contributed by atoms with Crippen LogP contribution in [0.15, 0.2) is 23.1 Å². The number of pyridine rings is 1. The van der Waals surface area contributed by atoms with Crippen LogP contribution in [0.5, 0.6) is 0 Å². The second-order valence-electron chi connectivity index (χ2n) is 7.46. The standard InChI is InChI=1S/C18H26N2O4/c1-12-7-6-9-20(15(12)17(23)24-18(2,3)4)16(22)13-8-10-19(5)14(21)11-13/h8,10-12,15H,6-7,9H2,1-5H3/t12-,15-/m1/s1. The molecule has 1 amide bonds. The van der Waals surface area contributed by atoms with Crippen molar-refractivity contribution in [3.8, 4) is 0 Å². The van der Waals surface area contributed by atoms with Gasteiger partial charge in [-0.05, 0) is 45.6 Å². The quantitative estimate of drug-likeness (QED) is 0.776. The SMILES string of the molecule is C[C@@H]1CCCN(C(=O)c2ccn(C)c(=O)c2)[C@H]1C(=O)OC(C)(C)C. The van der Waals surface area contributed by atoms with Crippen LogP contribution < -0.4 is 5.56 Å². The van der Waals surface area contributed by atoms with Crippen LogP contribution in [-0.4, -0.2) is 39.5 Å². The summed E-state index contributed by atoms with van der Waals surface area (Å²) in [5, 5.41) is 0. The predicted octanol–water partition coefficient (Wildman–Crippen LogP) is 1.97. The molecule has 1 fully saturated rings. The lowest BCUT2D eigenvalue weighted by atomic mass is 9.90. The van der Waals surface area contributed by atoms with Gasteiger partial charge in [-0.3, -0.25) is 9.59 Å². The number of carbonyl (C=O) groups excluding carboxylic acids is 2. The Kier molecular flexibility index (Phi) is 5.16. The summed E-state index contributed by atoms with van der Waals surface area (Å²) in [7, 11) is 1.63. The summed E-state index contributed by atoms with van der Waals surface area (Å²) in [6.07, 6.45) is 3.26. The molecule has 0 saturated carbocycles. The summed E-state index contributed by atoms with van der Waals surface area (Å²) in [4.78, 5) is 38.8. The van der Waals surface area contributed by atoms with Crippen molar-refractivity contribution in [2.45, 2.75) is 52.2 Å². The summed E-state index contributed by atoms with van der Waals surface area (Å²) in [6.45, 7) is 7.88. The minimum Gasteiger partial charge on any atom is -0.458 e. The number of rotatable bonds is 2. The molecule has 1 saturated heterocycles. The molecule has 2 heterocycles. The molecule has 0 bridgehead atoms. The van der Waals surface area contributed by atoms with Crippen molar-refractivity contribution in [2.75, 3.05) is 6.54 Å². The highest BCUT2D eigenvalue weighted by Gasteiger charge is 2.39. The van der Waals surface area contributed by atoms with Gasteiger partial charge in [-0.1, -0.05) is 6.92 Å². The Morgan fingerprint density at radius 2 is 1.96 bits per heavy atom. The van der Waals surface area contributed by atoms with Gasteiger partial charge in [0.15, 0.2) is 0 Å². The molecular formula is C18H26N2O4. The zero-order chi connectivity index (χ0) is 18.1. The highest BCUT2D eigenvalue weighted by Crippen LogP contribution is 2.27. The fourth-order valence-electron chi connectivity index (χ4n) is 2.98. The lowest BCUT2D eigenvalue weighted by Crippen LogP contribution is -2.53. The monoisotopic (exact) mass is 334 g/mol. The number of aromatic nitrogens is 1. The molecule has 0 unspecified atom stereocenters. The normalized spacial score (nSPS) is 21.5. The summed E-state index contributed by atoms with van der Waals surface area (Å²) in [6, 6.07) is 2.30. The van der Waals surface area contributed by atoms with Crippen LogP contribution >= 0.6 is 0 Å². The molecule has 0 spiro atoms. The third-order valence-corrected chi connectivity index (χ3v) is 4.19. The molecule has 6 heteroatoms. The van der Waals surface area contributed by atoms with Crippen molar-refractivity contribution in [1.82, 2.24) is 9.47 Å². The highest BCUT2D eigenvalue weighted by molar-refractivity contribution is 5.97. The third-order valence-electron chi connectivity index (χ3n) is 4.19. The smallest absolute Gasteiger partial charge is 0.329 e. The Balaban J connectivity index is 2.30. The van der Waals surface area contributed by atoms with E-state index in [0.29, 0.717) is 12.1 Å². The fourth-order valence-corrected chi connectivity index (χ4v) is 2.98. The van der Waals surface area contributed by atoms with Crippen molar-refractivity contribution in [3.05, 3.63) is 34.2 Å². The lowest BCUT2D eigenvalue weighted by molar-refractivity contribution is -0.163. The molecule has 1 aromatic rings. The van der Waals surface area contributed by atoms with Gasteiger partial charge in [0.2, 0.25) is 0 Å². The van der Waals surface area contributed by atoms with Crippen LogP contribution in [-0.2, 0) is 16.6 Å². The molecule has 0 radical (unpaired) electrons. The molecule has 132 valence electrons. The average molecular weight is 334 g/mol. The Morgan fingerprint density at radius 1 is 1.29 bits per heavy atom. The Hall–Kier alpha value is -2.11. The summed E-state index contributed by atoms with van der Waals surface area (Å²) < 4.78 is 6.91. The van der Waals surface area contributed by atoms with E-state index in [1.807, 2.05) is 27.7 Å². The van der Waals surface area contributed by atoms with Crippen LogP contribution in [0.3, 0.4) is 0 Å². The van der Waals surface area contributed by atoms with Crippen molar-refractivity contribution in [3.63, 3.8) is 0 Å². The number of carbonyl (C=O) groups is 2. The van der Waals surface area contributed by atoms with E-state index in [-0.39, 0.29) is 23.4 Å². The zero-order valence-electron chi connectivity index (χ0n) is 15.0. The van der Waals surface area contributed by atoms with Gasteiger partial charge in [0.25, 0.3) is 11.5 Å². The number of hydrogen-bond donors (Lipinski definition) is 0. The van der Waals surface area contributed by atoms with E-state index in [9.17, 15) is 14.4 Å². The molecule has 6 nitrogen and oxygen atoms in total. The van der Waals surface area contributed by atoms with E-state index in [2.05, 4.69) is 0 Å². The number of aryl methyl sites for hydroxylation is 1. The van der Waals surface area contributed by atoms with Gasteiger partial charge in [-0.2, -0.15) is 0 Å². The van der Waals surface area contributed by atoms with Crippen molar-refractivity contribution in [2.24, 2.45) is 13.0 Å². The number of amides is 1. The summed E-state index contributed by atoms with van der Waals surface area (Å²) in [5.74, 6) is -0.661. The molecule has 0 aliphatic carbocycles. The predicted molar refractivity (Wildman–Crippen MR) is 90.8 cm³/mol. The fraction of sp³-hybridized carbons (Fsp3) is 0.611. The second kappa shape index (κ2) is 6.79. The zero-order valence-corrected chi connectivity index (χ0v) is 15.0. The summed E-state index contributed by atoms with van der Waals surface area (Å²) in [5.41, 5.74) is -0.549. The van der Waals surface area contributed by atoms with E-state index in [0.717, 1.165) is 12.8 Å². The first kappa shape index (κ1) is 18.2. The van der Waals surface area contributed by atoms with Crippen molar-refractivity contribution in [1.29, 1.82) is 0 Å². The van der Waals surface area contributed by atoms with Gasteiger partial charge in [-0.15, -0.1) is 0 Å². The Labute approximate surface area is 142 Å². The lowest BCUT2D eigenvalue weighted by Gasteiger charge is -2.39. The summed E-state index contributed by atoms with van der Waals surface area (Å²) >= 11 is 0. The molecule has 1 aliphatic heterocycles. The van der Waals surface area contributed by atoms with Gasteiger partial charge < -0.3 is 14.2 Å². The van der Waals surface area contributed by atoms with Gasteiger partial charge in [0.1, 0.15) is 11.6 Å². The van der Waals surface area contributed by atoms with Gasteiger partial charge in [0.05, 0.1) is 0 Å². The highest BCUT2D eigenvalue weighted by atomic mass is 16.6. The minimum absolute atomic E-state index is 0.0177. The number of esters is 1. The van der Waals surface area contributed by atoms with Crippen molar-refractivity contribution >= 4 is 11.9 Å². The molecule has 0 aromatic carbocycles. The van der Waals surface area contributed by atoms with Crippen LogP contribution in [0.25, 0.3) is 0 Å². The molecule has 2 rings (SSSR count). The molecule has 1 aliphatic rings. The molecule has 1 aromatic heterocycles. The van der Waals surface area contributed by atoms with Crippen molar-refractivity contribution < 1.29 is 14.3 Å². The van der Waals surface area contributed by atoms with E-state index < -0.39 is 11.6 Å². The maximum atomic E-state index is 12.9. The van der Waals surface area contributed by atoms with Gasteiger partial charge in [0, 0.05) is 31.4 Å². The number of piperidine rings is 1. The van der Waals surface area contributed by atoms with E-state index in [1.54, 1.807) is 24.2 Å². The Morgan fingerprint density at radius 3 is 2.54 bits per heavy atom. The number of ether oxygens (including phenoxy) is 1. The van der Waals surface area contributed by atoms with Crippen LogP contribution in [0.4, 0.5) is 0 Å². The number of hydrogen-bond acceptors (Lipinski definition) is 4. The first-order valence-corrected chi connectivity index (χ1v) is 8.30. The second-order valence-corrected chi connectivity index (χ2v) is 7.46. The topological polar surface area (TPSA) is 68.6 Å². The Bertz CT molecular complexity index is 687. The molecule has 24 heavy (non-hydrogen) atoms. The molecule has 2 atom stereocenters. The molecular weight excluding hydrogens is 308 g/mol. The first-order chi connectivity index (χ1) is 11.1. The average Bonchev–Trinajstić information content (AvgIpc) is 2.47.